The van der Waals surface area contributed by atoms with Gasteiger partial charge in [-0.2, -0.15) is 0 Å². The predicted octanol–water partition coefficient (Wildman–Crippen LogP) is 2.45. The van der Waals surface area contributed by atoms with E-state index in [4.69, 9.17) is 4.74 Å². The van der Waals surface area contributed by atoms with Gasteiger partial charge in [-0.25, -0.2) is 4.79 Å². The van der Waals surface area contributed by atoms with Gasteiger partial charge in [0.05, 0.1) is 12.1 Å². The molecule has 1 aliphatic heterocycles. The van der Waals surface area contributed by atoms with Crippen molar-refractivity contribution in [1.82, 2.24) is 4.90 Å². The average molecular weight is 275 g/mol. The van der Waals surface area contributed by atoms with Crippen LogP contribution in [0.3, 0.4) is 0 Å². The first-order valence-electron chi connectivity index (χ1n) is 6.47. The second-order valence-electron chi connectivity index (χ2n) is 5.99. The molecule has 1 rings (SSSR count). The minimum Gasteiger partial charge on any atom is -0.481 e. The van der Waals surface area contributed by atoms with Gasteiger partial charge in [-0.15, -0.1) is 0 Å². The molecule has 0 spiro atoms. The maximum Gasteiger partial charge on any atom is 0.410 e. The molecule has 0 bridgehead atoms. The van der Waals surface area contributed by atoms with Crippen LogP contribution in [-0.2, 0) is 9.53 Å². The molecule has 1 saturated heterocycles. The van der Waals surface area contributed by atoms with Crippen LogP contribution in [0.15, 0.2) is 0 Å². The SMILES string of the molecule is CC(C)(C)OC(=O)N1CCC(CCF)(C(=O)O)CC1. The molecule has 0 aromatic rings. The first-order chi connectivity index (χ1) is 8.70. The van der Waals surface area contributed by atoms with Gasteiger partial charge in [-0.1, -0.05) is 0 Å². The van der Waals surface area contributed by atoms with E-state index in [0.717, 1.165) is 0 Å². The van der Waals surface area contributed by atoms with Gasteiger partial charge in [-0.3, -0.25) is 9.18 Å². The average Bonchev–Trinajstić information content (AvgIpc) is 2.27. The molecule has 6 heteroatoms. The summed E-state index contributed by atoms with van der Waals surface area (Å²) in [6.07, 6.45) is 0.105. The molecular weight excluding hydrogens is 253 g/mol. The number of carboxylic acids is 1. The lowest BCUT2D eigenvalue weighted by atomic mass is 9.76. The zero-order chi connectivity index (χ0) is 14.7. The number of amides is 1. The van der Waals surface area contributed by atoms with Gasteiger partial charge >= 0.3 is 12.1 Å². The lowest BCUT2D eigenvalue weighted by Gasteiger charge is -2.38. The first-order valence-corrected chi connectivity index (χ1v) is 6.47. The van der Waals surface area contributed by atoms with Crippen LogP contribution in [0, 0.1) is 5.41 Å². The van der Waals surface area contributed by atoms with Crippen molar-refractivity contribution in [2.24, 2.45) is 5.41 Å². The normalized spacial score (nSPS) is 19.1. The van der Waals surface area contributed by atoms with Crippen molar-refractivity contribution >= 4 is 12.1 Å². The zero-order valence-corrected chi connectivity index (χ0v) is 11.7. The third-order valence-electron chi connectivity index (χ3n) is 3.40. The number of hydrogen-bond acceptors (Lipinski definition) is 3. The smallest absolute Gasteiger partial charge is 0.410 e. The number of halogens is 1. The monoisotopic (exact) mass is 275 g/mol. The molecule has 5 nitrogen and oxygen atoms in total. The maximum absolute atomic E-state index is 12.5. The second kappa shape index (κ2) is 5.75. The van der Waals surface area contributed by atoms with Crippen molar-refractivity contribution in [3.63, 3.8) is 0 Å². The molecule has 1 amide bonds. The minimum absolute atomic E-state index is 0.00446. The third kappa shape index (κ3) is 4.08. The maximum atomic E-state index is 12.5. The number of ether oxygens (including phenoxy) is 1. The minimum atomic E-state index is -1.03. The molecule has 0 aromatic heterocycles. The molecule has 1 N–H and O–H groups in total. The number of hydrogen-bond donors (Lipinski definition) is 1. The Hall–Kier alpha value is -1.33. The number of rotatable bonds is 3. The first kappa shape index (κ1) is 15.7. The summed E-state index contributed by atoms with van der Waals surface area (Å²) in [7, 11) is 0. The summed E-state index contributed by atoms with van der Waals surface area (Å²) < 4.78 is 17.7. The molecule has 1 heterocycles. The Labute approximate surface area is 112 Å². The summed E-state index contributed by atoms with van der Waals surface area (Å²) in [5.41, 5.74) is -1.61. The fourth-order valence-electron chi connectivity index (χ4n) is 2.20. The van der Waals surface area contributed by atoms with Gasteiger partial charge in [-0.05, 0) is 40.0 Å². The zero-order valence-electron chi connectivity index (χ0n) is 11.7. The van der Waals surface area contributed by atoms with E-state index in [-0.39, 0.29) is 19.3 Å². The fraction of sp³-hybridized carbons (Fsp3) is 0.846. The lowest BCUT2D eigenvalue weighted by molar-refractivity contribution is -0.152. The highest BCUT2D eigenvalue weighted by molar-refractivity contribution is 5.75. The van der Waals surface area contributed by atoms with Gasteiger partial charge in [0.15, 0.2) is 0 Å². The van der Waals surface area contributed by atoms with E-state index in [2.05, 4.69) is 0 Å². The molecule has 0 aromatic carbocycles. The van der Waals surface area contributed by atoms with E-state index in [1.54, 1.807) is 20.8 Å². The Kier molecular flexibility index (Phi) is 4.76. The summed E-state index contributed by atoms with van der Waals surface area (Å²) in [6.45, 7) is 5.26. The van der Waals surface area contributed by atoms with Gasteiger partial charge in [0.25, 0.3) is 0 Å². The molecule has 19 heavy (non-hydrogen) atoms. The molecule has 0 unspecified atom stereocenters. The van der Waals surface area contributed by atoms with E-state index in [1.807, 2.05) is 0 Å². The number of likely N-dealkylation sites (tertiary alicyclic amines) is 1. The van der Waals surface area contributed by atoms with Gasteiger partial charge < -0.3 is 14.7 Å². The highest BCUT2D eigenvalue weighted by atomic mass is 19.1. The summed E-state index contributed by atoms with van der Waals surface area (Å²) in [5, 5.41) is 9.23. The van der Waals surface area contributed by atoms with Crippen molar-refractivity contribution in [2.75, 3.05) is 19.8 Å². The number of carbonyl (C=O) groups is 2. The number of carbonyl (C=O) groups excluding carboxylic acids is 1. The number of nitrogens with zero attached hydrogens (tertiary/aromatic N) is 1. The van der Waals surface area contributed by atoms with Crippen LogP contribution < -0.4 is 0 Å². The fourth-order valence-corrected chi connectivity index (χ4v) is 2.20. The summed E-state index contributed by atoms with van der Waals surface area (Å²) in [6, 6.07) is 0. The molecule has 0 radical (unpaired) electrons. The molecule has 110 valence electrons. The van der Waals surface area contributed by atoms with Crippen LogP contribution in [0.25, 0.3) is 0 Å². The molecule has 0 saturated carbocycles. The van der Waals surface area contributed by atoms with Gasteiger partial charge in [0.1, 0.15) is 5.60 Å². The van der Waals surface area contributed by atoms with E-state index in [1.165, 1.54) is 4.90 Å². The highest BCUT2D eigenvalue weighted by Gasteiger charge is 2.42. The van der Waals surface area contributed by atoms with Crippen molar-refractivity contribution in [2.45, 2.75) is 45.6 Å². The number of aliphatic carboxylic acids is 1. The third-order valence-corrected chi connectivity index (χ3v) is 3.40. The molecular formula is C13H22FNO4. The van der Waals surface area contributed by atoms with Crippen LogP contribution in [-0.4, -0.2) is 47.4 Å². The topological polar surface area (TPSA) is 66.8 Å². The number of carboxylic acid groups (broad SMARTS) is 1. The number of alkyl halides is 1. The predicted molar refractivity (Wildman–Crippen MR) is 67.7 cm³/mol. The van der Waals surface area contributed by atoms with E-state index in [9.17, 15) is 19.1 Å². The van der Waals surface area contributed by atoms with Crippen LogP contribution in [0.2, 0.25) is 0 Å². The standard InChI is InChI=1S/C13H22FNO4/c1-12(2,3)19-11(18)15-8-5-13(4-7-14,6-9-15)10(16)17/h4-9H2,1-3H3,(H,16,17). The number of piperidine rings is 1. The van der Waals surface area contributed by atoms with E-state index in [0.29, 0.717) is 13.1 Å². The Morgan fingerprint density at radius 3 is 2.21 bits per heavy atom. The van der Waals surface area contributed by atoms with Crippen molar-refractivity contribution in [3.05, 3.63) is 0 Å². The summed E-state index contributed by atoms with van der Waals surface area (Å²) in [5.74, 6) is -0.978. The molecule has 1 aliphatic rings. The van der Waals surface area contributed by atoms with Gasteiger partial charge in [0.2, 0.25) is 0 Å². The summed E-state index contributed by atoms with van der Waals surface area (Å²) >= 11 is 0. The Balaban J connectivity index is 2.61. The quantitative estimate of drug-likeness (QED) is 0.859. The van der Waals surface area contributed by atoms with Crippen LogP contribution in [0.4, 0.5) is 9.18 Å². The largest absolute Gasteiger partial charge is 0.481 e. The summed E-state index contributed by atoms with van der Waals surface area (Å²) in [4.78, 5) is 24.6. The van der Waals surface area contributed by atoms with Crippen LogP contribution >= 0.6 is 0 Å². The van der Waals surface area contributed by atoms with Crippen molar-refractivity contribution in [1.29, 1.82) is 0 Å². The second-order valence-corrected chi connectivity index (χ2v) is 5.99. The molecule has 0 aliphatic carbocycles. The van der Waals surface area contributed by atoms with E-state index < -0.39 is 29.8 Å². The van der Waals surface area contributed by atoms with Crippen LogP contribution in [0.1, 0.15) is 40.0 Å². The van der Waals surface area contributed by atoms with E-state index >= 15 is 0 Å². The van der Waals surface area contributed by atoms with Crippen molar-refractivity contribution < 1.29 is 23.8 Å². The highest BCUT2D eigenvalue weighted by Crippen LogP contribution is 2.35. The molecule has 1 fully saturated rings. The van der Waals surface area contributed by atoms with Gasteiger partial charge in [0, 0.05) is 13.1 Å². The Morgan fingerprint density at radius 2 is 1.84 bits per heavy atom. The van der Waals surface area contributed by atoms with Crippen LogP contribution in [0.5, 0.6) is 0 Å². The Bertz CT molecular complexity index is 343. The lowest BCUT2D eigenvalue weighted by Crippen LogP contribution is -2.48. The Morgan fingerprint density at radius 1 is 1.32 bits per heavy atom. The van der Waals surface area contributed by atoms with Crippen molar-refractivity contribution in [3.8, 4) is 0 Å². The molecule has 0 atom stereocenters.